The van der Waals surface area contributed by atoms with Crippen LogP contribution in [0.2, 0.25) is 5.02 Å². The van der Waals surface area contributed by atoms with E-state index in [0.717, 1.165) is 40.7 Å². The van der Waals surface area contributed by atoms with E-state index in [1.54, 1.807) is 18.9 Å². The van der Waals surface area contributed by atoms with Crippen molar-refractivity contribution in [1.29, 1.82) is 0 Å². The van der Waals surface area contributed by atoms with Crippen LogP contribution in [0.4, 0.5) is 0 Å². The largest absolute Gasteiger partial charge is 0.497 e. The first kappa shape index (κ1) is 22.0. The van der Waals surface area contributed by atoms with Gasteiger partial charge in [-0.1, -0.05) is 48.3 Å². The van der Waals surface area contributed by atoms with Gasteiger partial charge >= 0.3 is 0 Å². The average molecular weight is 482 g/mol. The maximum Gasteiger partial charge on any atom is 0.247 e. The fourth-order valence-electron chi connectivity index (χ4n) is 4.13. The summed E-state index contributed by atoms with van der Waals surface area (Å²) in [5.74, 6) is 2.62. The SMILES string of the molecule is COc1ccc(-c2nnc([C@H](C)Sc3nnc(-c4ccccc4Cl)n3C3CCCC3)o2)cc1. The number of rotatable bonds is 7. The van der Waals surface area contributed by atoms with Gasteiger partial charge in [0.25, 0.3) is 0 Å². The van der Waals surface area contributed by atoms with Crippen molar-refractivity contribution in [3.05, 3.63) is 59.4 Å². The molecule has 1 aliphatic rings. The van der Waals surface area contributed by atoms with E-state index < -0.39 is 0 Å². The van der Waals surface area contributed by atoms with Gasteiger partial charge in [-0.25, -0.2) is 0 Å². The first-order chi connectivity index (χ1) is 16.1. The van der Waals surface area contributed by atoms with Gasteiger partial charge < -0.3 is 9.15 Å². The normalized spacial score (nSPS) is 15.1. The van der Waals surface area contributed by atoms with Gasteiger partial charge in [-0.3, -0.25) is 4.57 Å². The summed E-state index contributed by atoms with van der Waals surface area (Å²) in [6.07, 6.45) is 4.64. The molecule has 170 valence electrons. The van der Waals surface area contributed by atoms with Crippen molar-refractivity contribution in [2.24, 2.45) is 0 Å². The number of aromatic nitrogens is 5. The molecule has 33 heavy (non-hydrogen) atoms. The Labute approximate surface area is 201 Å². The number of halogens is 1. The minimum atomic E-state index is -0.0899. The van der Waals surface area contributed by atoms with Crippen LogP contribution in [0.15, 0.2) is 58.1 Å². The molecular formula is C24H24ClN5O2S. The Hall–Kier alpha value is -2.84. The summed E-state index contributed by atoms with van der Waals surface area (Å²) in [5.41, 5.74) is 1.75. The minimum Gasteiger partial charge on any atom is -0.497 e. The van der Waals surface area contributed by atoms with Crippen molar-refractivity contribution in [1.82, 2.24) is 25.0 Å². The van der Waals surface area contributed by atoms with Gasteiger partial charge in [-0.15, -0.1) is 20.4 Å². The van der Waals surface area contributed by atoms with Gasteiger partial charge in [-0.2, -0.15) is 0 Å². The Morgan fingerprint density at radius 3 is 2.52 bits per heavy atom. The molecule has 1 atom stereocenters. The van der Waals surface area contributed by atoms with Gasteiger partial charge in [0.15, 0.2) is 11.0 Å². The highest BCUT2D eigenvalue weighted by Gasteiger charge is 2.28. The van der Waals surface area contributed by atoms with E-state index >= 15 is 0 Å². The molecule has 0 spiro atoms. The van der Waals surface area contributed by atoms with E-state index in [4.69, 9.17) is 20.8 Å². The number of hydrogen-bond acceptors (Lipinski definition) is 7. The first-order valence-corrected chi connectivity index (χ1v) is 12.2. The summed E-state index contributed by atoms with van der Waals surface area (Å²) in [6, 6.07) is 15.7. The van der Waals surface area contributed by atoms with Crippen LogP contribution >= 0.6 is 23.4 Å². The highest BCUT2D eigenvalue weighted by atomic mass is 35.5. The van der Waals surface area contributed by atoms with Crippen LogP contribution in [-0.2, 0) is 0 Å². The molecule has 4 aromatic rings. The zero-order valence-electron chi connectivity index (χ0n) is 18.4. The highest BCUT2D eigenvalue weighted by molar-refractivity contribution is 7.99. The predicted molar refractivity (Wildman–Crippen MR) is 129 cm³/mol. The van der Waals surface area contributed by atoms with Gasteiger partial charge in [0, 0.05) is 17.2 Å². The number of thioether (sulfide) groups is 1. The lowest BCUT2D eigenvalue weighted by Crippen LogP contribution is -2.09. The van der Waals surface area contributed by atoms with E-state index in [1.807, 2.05) is 55.5 Å². The van der Waals surface area contributed by atoms with Crippen molar-refractivity contribution in [3.63, 3.8) is 0 Å². The minimum absolute atomic E-state index is 0.0899. The van der Waals surface area contributed by atoms with Crippen LogP contribution < -0.4 is 4.74 Å². The summed E-state index contributed by atoms with van der Waals surface area (Å²) in [6.45, 7) is 2.04. The van der Waals surface area contributed by atoms with E-state index in [1.165, 1.54) is 12.8 Å². The Morgan fingerprint density at radius 2 is 1.79 bits per heavy atom. The molecule has 0 radical (unpaired) electrons. The van der Waals surface area contributed by atoms with Gasteiger partial charge in [0.2, 0.25) is 11.8 Å². The van der Waals surface area contributed by atoms with Crippen LogP contribution in [0.25, 0.3) is 22.8 Å². The zero-order valence-corrected chi connectivity index (χ0v) is 20.0. The van der Waals surface area contributed by atoms with Crippen LogP contribution in [0.1, 0.15) is 49.8 Å². The van der Waals surface area contributed by atoms with Crippen molar-refractivity contribution >= 4 is 23.4 Å². The fraction of sp³-hybridized carbons (Fsp3) is 0.333. The molecule has 2 heterocycles. The molecule has 5 rings (SSSR count). The van der Waals surface area contributed by atoms with E-state index in [0.29, 0.717) is 22.8 Å². The molecule has 0 N–H and O–H groups in total. The number of methoxy groups -OCH3 is 1. The second-order valence-electron chi connectivity index (χ2n) is 8.03. The molecular weight excluding hydrogens is 458 g/mol. The van der Waals surface area contributed by atoms with Crippen molar-refractivity contribution in [2.45, 2.75) is 49.1 Å². The quantitative estimate of drug-likeness (QED) is 0.274. The molecule has 1 saturated carbocycles. The Morgan fingerprint density at radius 1 is 1.03 bits per heavy atom. The summed E-state index contributed by atoms with van der Waals surface area (Å²) >= 11 is 8.08. The Balaban J connectivity index is 1.42. The number of hydrogen-bond donors (Lipinski definition) is 0. The summed E-state index contributed by atoms with van der Waals surface area (Å²) in [5, 5.41) is 19.0. The molecule has 1 fully saturated rings. The molecule has 0 saturated heterocycles. The molecule has 0 bridgehead atoms. The van der Waals surface area contributed by atoms with E-state index in [-0.39, 0.29) is 5.25 Å². The zero-order chi connectivity index (χ0) is 22.8. The van der Waals surface area contributed by atoms with Gasteiger partial charge in [0.05, 0.1) is 17.4 Å². The molecule has 0 unspecified atom stereocenters. The third-order valence-corrected chi connectivity index (χ3v) is 7.25. The smallest absolute Gasteiger partial charge is 0.247 e. The summed E-state index contributed by atoms with van der Waals surface area (Å²) in [7, 11) is 1.64. The third kappa shape index (κ3) is 4.50. The van der Waals surface area contributed by atoms with Crippen molar-refractivity contribution in [3.8, 4) is 28.6 Å². The number of benzene rings is 2. The topological polar surface area (TPSA) is 78.9 Å². The number of nitrogens with zero attached hydrogens (tertiary/aromatic N) is 5. The summed E-state index contributed by atoms with van der Waals surface area (Å²) < 4.78 is 13.5. The van der Waals surface area contributed by atoms with Crippen LogP contribution in [0.5, 0.6) is 5.75 Å². The van der Waals surface area contributed by atoms with Crippen molar-refractivity contribution in [2.75, 3.05) is 7.11 Å². The lowest BCUT2D eigenvalue weighted by molar-refractivity contribution is 0.415. The lowest BCUT2D eigenvalue weighted by Gasteiger charge is -2.18. The average Bonchev–Trinajstić information content (AvgIpc) is 3.60. The predicted octanol–water partition coefficient (Wildman–Crippen LogP) is 6.63. The van der Waals surface area contributed by atoms with Gasteiger partial charge in [0.1, 0.15) is 5.75 Å². The standard InChI is InChI=1S/C24H24ClN5O2S/c1-15(22-27-28-23(32-22)16-11-13-18(31-2)14-12-16)33-24-29-26-21(19-9-5-6-10-20(19)25)30(24)17-7-3-4-8-17/h5-6,9-15,17H,3-4,7-8H2,1-2H3/t15-/m0/s1. The summed E-state index contributed by atoms with van der Waals surface area (Å²) in [4.78, 5) is 0. The molecule has 1 aliphatic carbocycles. The Bertz CT molecular complexity index is 1230. The van der Waals surface area contributed by atoms with E-state index in [9.17, 15) is 0 Å². The molecule has 2 aromatic carbocycles. The monoisotopic (exact) mass is 481 g/mol. The molecule has 2 aromatic heterocycles. The molecule has 7 nitrogen and oxygen atoms in total. The second kappa shape index (κ2) is 9.57. The van der Waals surface area contributed by atoms with Crippen molar-refractivity contribution < 1.29 is 9.15 Å². The van der Waals surface area contributed by atoms with Crippen LogP contribution in [0, 0.1) is 0 Å². The van der Waals surface area contributed by atoms with Crippen LogP contribution in [-0.4, -0.2) is 32.1 Å². The van der Waals surface area contributed by atoms with Crippen LogP contribution in [0.3, 0.4) is 0 Å². The molecule has 0 aliphatic heterocycles. The number of ether oxygens (including phenoxy) is 1. The fourth-order valence-corrected chi connectivity index (χ4v) is 5.30. The Kier molecular flexibility index (Phi) is 6.37. The maximum absolute atomic E-state index is 6.50. The van der Waals surface area contributed by atoms with E-state index in [2.05, 4.69) is 25.0 Å². The van der Waals surface area contributed by atoms with Gasteiger partial charge in [-0.05, 0) is 56.2 Å². The maximum atomic E-state index is 6.50. The first-order valence-electron chi connectivity index (χ1n) is 11.0. The molecule has 0 amide bonds. The molecule has 9 heteroatoms. The lowest BCUT2D eigenvalue weighted by atomic mass is 10.2. The third-order valence-electron chi connectivity index (χ3n) is 5.88. The highest BCUT2D eigenvalue weighted by Crippen LogP contribution is 2.41. The second-order valence-corrected chi connectivity index (χ2v) is 9.74.